The van der Waals surface area contributed by atoms with Crippen LogP contribution >= 0.6 is 35.8 Å². The molecule has 2 aromatic rings. The number of aromatic nitrogens is 2. The maximum atomic E-state index is 5.84. The van der Waals surface area contributed by atoms with E-state index in [1.54, 1.807) is 23.9 Å². The van der Waals surface area contributed by atoms with E-state index in [0.29, 0.717) is 22.5 Å². The lowest BCUT2D eigenvalue weighted by atomic mass is 10.2. The number of halogens is 2. The number of hydrogen-bond acceptors (Lipinski definition) is 6. The molecule has 1 aromatic heterocycles. The largest absolute Gasteiger partial charge is 0.363 e. The number of thioether (sulfide) groups is 1. The van der Waals surface area contributed by atoms with Gasteiger partial charge in [-0.05, 0) is 24.3 Å². The minimum Gasteiger partial charge on any atom is -0.363 e. The number of hydrogen-bond donors (Lipinski definition) is 1. The molecule has 0 bridgehead atoms. The highest BCUT2D eigenvalue weighted by molar-refractivity contribution is 8.13. The second kappa shape index (κ2) is 6.97. The first-order valence-corrected chi connectivity index (χ1v) is 7.17. The summed E-state index contributed by atoms with van der Waals surface area (Å²) in [6, 6.07) is 7.34. The summed E-state index contributed by atoms with van der Waals surface area (Å²) in [6.07, 6.45) is 0. The van der Waals surface area contributed by atoms with E-state index in [1.165, 1.54) is 0 Å². The van der Waals surface area contributed by atoms with E-state index in [1.807, 2.05) is 12.1 Å². The highest BCUT2D eigenvalue weighted by atomic mass is 35.5. The number of aliphatic imine (C=N–C) groups is 1. The van der Waals surface area contributed by atoms with Gasteiger partial charge >= 0.3 is 0 Å². The van der Waals surface area contributed by atoms with Crippen LogP contribution in [0, 0.1) is 0 Å². The standard InChI is InChI=1S/C12H11ClN4OS.ClH/c13-9-3-1-8(2-4-9)11-16-10(18-17-11)7-19-12-14-5-6-15-12;/h1-4H,5-7H2,(H,14,15);1H. The highest BCUT2D eigenvalue weighted by Crippen LogP contribution is 2.20. The van der Waals surface area contributed by atoms with Crippen LogP contribution in [-0.4, -0.2) is 28.4 Å². The van der Waals surface area contributed by atoms with Gasteiger partial charge in [0.15, 0.2) is 5.17 Å². The first kappa shape index (κ1) is 15.2. The fraction of sp³-hybridized carbons (Fsp3) is 0.250. The van der Waals surface area contributed by atoms with Gasteiger partial charge in [-0.25, -0.2) is 0 Å². The quantitative estimate of drug-likeness (QED) is 0.937. The second-order valence-corrected chi connectivity index (χ2v) is 5.32. The third-order valence-electron chi connectivity index (χ3n) is 2.55. The van der Waals surface area contributed by atoms with Crippen LogP contribution in [0.25, 0.3) is 11.4 Å². The van der Waals surface area contributed by atoms with Crippen molar-refractivity contribution in [3.05, 3.63) is 35.2 Å². The Kier molecular flexibility index (Phi) is 5.28. The molecule has 0 saturated carbocycles. The Labute approximate surface area is 131 Å². The van der Waals surface area contributed by atoms with Crippen molar-refractivity contribution in [2.45, 2.75) is 5.75 Å². The lowest BCUT2D eigenvalue weighted by Crippen LogP contribution is -2.15. The van der Waals surface area contributed by atoms with Gasteiger partial charge in [0.25, 0.3) is 0 Å². The van der Waals surface area contributed by atoms with Gasteiger partial charge in [0, 0.05) is 17.1 Å². The molecule has 0 fully saturated rings. The van der Waals surface area contributed by atoms with Crippen molar-refractivity contribution in [1.82, 2.24) is 15.5 Å². The molecule has 0 unspecified atom stereocenters. The normalized spacial score (nSPS) is 13.6. The summed E-state index contributed by atoms with van der Waals surface area (Å²) in [5.41, 5.74) is 0.890. The molecule has 8 heteroatoms. The topological polar surface area (TPSA) is 63.3 Å². The van der Waals surface area contributed by atoms with E-state index < -0.39 is 0 Å². The number of rotatable bonds is 3. The molecule has 20 heavy (non-hydrogen) atoms. The molecule has 0 amide bonds. The lowest BCUT2D eigenvalue weighted by molar-refractivity contribution is 0.392. The highest BCUT2D eigenvalue weighted by Gasteiger charge is 2.11. The molecule has 1 aromatic carbocycles. The summed E-state index contributed by atoms with van der Waals surface area (Å²) in [5, 5.41) is 8.76. The van der Waals surface area contributed by atoms with Gasteiger partial charge in [-0.3, -0.25) is 4.99 Å². The smallest absolute Gasteiger partial charge is 0.237 e. The van der Waals surface area contributed by atoms with Crippen molar-refractivity contribution in [2.75, 3.05) is 13.1 Å². The van der Waals surface area contributed by atoms with Crippen molar-refractivity contribution in [3.63, 3.8) is 0 Å². The Morgan fingerprint density at radius 2 is 2.10 bits per heavy atom. The van der Waals surface area contributed by atoms with Crippen LogP contribution in [0.15, 0.2) is 33.8 Å². The average molecular weight is 331 g/mol. The van der Waals surface area contributed by atoms with Crippen LogP contribution in [0.5, 0.6) is 0 Å². The maximum absolute atomic E-state index is 5.84. The van der Waals surface area contributed by atoms with Crippen LogP contribution in [0.1, 0.15) is 5.89 Å². The van der Waals surface area contributed by atoms with E-state index in [-0.39, 0.29) is 12.4 Å². The predicted octanol–water partition coefficient (Wildman–Crippen LogP) is 3.00. The summed E-state index contributed by atoms with van der Waals surface area (Å²) in [6.45, 7) is 1.74. The number of benzene rings is 1. The minimum absolute atomic E-state index is 0. The zero-order chi connectivity index (χ0) is 13.1. The molecule has 3 rings (SSSR count). The van der Waals surface area contributed by atoms with Crippen LogP contribution in [0.2, 0.25) is 5.02 Å². The molecular formula is C12H12Cl2N4OS. The van der Waals surface area contributed by atoms with Crippen LogP contribution in [0.4, 0.5) is 0 Å². The van der Waals surface area contributed by atoms with E-state index in [4.69, 9.17) is 16.1 Å². The van der Waals surface area contributed by atoms with Gasteiger partial charge in [-0.2, -0.15) is 4.98 Å². The Hall–Kier alpha value is -1.24. The second-order valence-electron chi connectivity index (χ2n) is 3.92. The van der Waals surface area contributed by atoms with Crippen molar-refractivity contribution in [3.8, 4) is 11.4 Å². The van der Waals surface area contributed by atoms with Crippen molar-refractivity contribution >= 4 is 40.9 Å². The van der Waals surface area contributed by atoms with Crippen LogP contribution in [0.3, 0.4) is 0 Å². The Morgan fingerprint density at radius 3 is 2.80 bits per heavy atom. The van der Waals surface area contributed by atoms with Crippen LogP contribution in [-0.2, 0) is 5.75 Å². The van der Waals surface area contributed by atoms with Gasteiger partial charge in [-0.15, -0.1) is 12.4 Å². The zero-order valence-electron chi connectivity index (χ0n) is 10.4. The molecule has 0 radical (unpaired) electrons. The molecule has 0 saturated heterocycles. The summed E-state index contributed by atoms with van der Waals surface area (Å²) in [5.74, 6) is 1.78. The third-order valence-corrected chi connectivity index (χ3v) is 3.74. The van der Waals surface area contributed by atoms with Gasteiger partial charge < -0.3 is 9.84 Å². The SMILES string of the molecule is Cl.Clc1ccc(-c2noc(CSC3=NCCN3)n2)cc1. The monoisotopic (exact) mass is 330 g/mol. The average Bonchev–Trinajstić information content (AvgIpc) is 3.09. The first-order chi connectivity index (χ1) is 9.31. The van der Waals surface area contributed by atoms with Gasteiger partial charge in [0.2, 0.25) is 11.7 Å². The molecule has 0 spiro atoms. The fourth-order valence-electron chi connectivity index (χ4n) is 1.63. The number of nitrogens with one attached hydrogen (secondary N) is 1. The Bertz CT molecular complexity index is 600. The van der Waals surface area contributed by atoms with E-state index >= 15 is 0 Å². The van der Waals surface area contributed by atoms with E-state index in [0.717, 1.165) is 23.8 Å². The van der Waals surface area contributed by atoms with Gasteiger partial charge in [-0.1, -0.05) is 28.5 Å². The maximum Gasteiger partial charge on any atom is 0.237 e. The minimum atomic E-state index is 0. The molecule has 106 valence electrons. The third kappa shape index (κ3) is 3.65. The zero-order valence-corrected chi connectivity index (χ0v) is 12.8. The molecule has 1 aliphatic heterocycles. The molecular weight excluding hydrogens is 319 g/mol. The first-order valence-electron chi connectivity index (χ1n) is 5.81. The molecule has 1 N–H and O–H groups in total. The van der Waals surface area contributed by atoms with E-state index in [2.05, 4.69) is 20.4 Å². The number of nitrogens with zero attached hydrogens (tertiary/aromatic N) is 3. The Balaban J connectivity index is 0.00000147. The van der Waals surface area contributed by atoms with E-state index in [9.17, 15) is 0 Å². The summed E-state index contributed by atoms with van der Waals surface area (Å²) < 4.78 is 5.21. The lowest BCUT2D eigenvalue weighted by Gasteiger charge is -1.97. The number of amidine groups is 1. The summed E-state index contributed by atoms with van der Waals surface area (Å²) >= 11 is 7.41. The van der Waals surface area contributed by atoms with Crippen molar-refractivity contribution < 1.29 is 4.52 Å². The summed E-state index contributed by atoms with van der Waals surface area (Å²) in [4.78, 5) is 8.64. The van der Waals surface area contributed by atoms with Gasteiger partial charge in [0.05, 0.1) is 12.3 Å². The molecule has 1 aliphatic rings. The molecule has 5 nitrogen and oxygen atoms in total. The predicted molar refractivity (Wildman–Crippen MR) is 83.6 cm³/mol. The summed E-state index contributed by atoms with van der Waals surface area (Å²) in [7, 11) is 0. The van der Waals surface area contributed by atoms with Crippen LogP contribution < -0.4 is 5.32 Å². The molecule has 0 atom stereocenters. The van der Waals surface area contributed by atoms with Crippen molar-refractivity contribution in [1.29, 1.82) is 0 Å². The van der Waals surface area contributed by atoms with Crippen molar-refractivity contribution in [2.24, 2.45) is 4.99 Å². The Morgan fingerprint density at radius 1 is 1.30 bits per heavy atom. The fourth-order valence-corrected chi connectivity index (χ4v) is 2.52. The van der Waals surface area contributed by atoms with Gasteiger partial charge in [0.1, 0.15) is 0 Å². The molecule has 0 aliphatic carbocycles. The molecule has 2 heterocycles.